The smallest absolute Gasteiger partial charge is 0.328 e. The molecule has 0 aliphatic carbocycles. The normalized spacial score (nSPS) is 16.1. The van der Waals surface area contributed by atoms with Crippen molar-refractivity contribution >= 4 is 29.1 Å². The van der Waals surface area contributed by atoms with E-state index in [1.165, 1.54) is 4.90 Å². The summed E-state index contributed by atoms with van der Waals surface area (Å²) in [6.45, 7) is 0.357. The summed E-state index contributed by atoms with van der Waals surface area (Å²) in [7, 11) is 0. The fraction of sp³-hybridized carbons (Fsp3) is 0.182. The molecule has 2 aromatic heterocycles. The molecule has 0 radical (unpaired) electrons. The molecule has 3 heterocycles. The number of pyridine rings is 1. The molecule has 3 rings (SSSR count). The minimum atomic E-state index is -0.417. The third kappa shape index (κ3) is 1.48. The van der Waals surface area contributed by atoms with Crippen molar-refractivity contribution in [2.75, 3.05) is 17.2 Å². The number of nitrogens with two attached hydrogens (primary N) is 1. The molecule has 18 heavy (non-hydrogen) atoms. The Bertz CT molecular complexity index is 648. The molecule has 7 nitrogen and oxygen atoms in total. The molecule has 1 aliphatic heterocycles. The lowest BCUT2D eigenvalue weighted by molar-refractivity contribution is -0.120. The van der Waals surface area contributed by atoms with Gasteiger partial charge < -0.3 is 5.73 Å². The second-order valence-electron chi connectivity index (χ2n) is 4.02. The van der Waals surface area contributed by atoms with E-state index in [0.717, 1.165) is 5.52 Å². The van der Waals surface area contributed by atoms with E-state index in [9.17, 15) is 9.59 Å². The Balaban J connectivity index is 2.09. The fourth-order valence-electron chi connectivity index (χ4n) is 2.05. The van der Waals surface area contributed by atoms with Crippen molar-refractivity contribution in [2.24, 2.45) is 0 Å². The van der Waals surface area contributed by atoms with Crippen LogP contribution in [0, 0.1) is 0 Å². The number of hydrogen-bond acceptors (Lipinski definition) is 4. The second-order valence-corrected chi connectivity index (χ2v) is 4.02. The van der Waals surface area contributed by atoms with Crippen molar-refractivity contribution < 1.29 is 9.59 Å². The topological polar surface area (TPSA) is 92.7 Å². The summed E-state index contributed by atoms with van der Waals surface area (Å²) in [6, 6.07) is 3.16. The predicted molar refractivity (Wildman–Crippen MR) is 65.1 cm³/mol. The van der Waals surface area contributed by atoms with Crippen molar-refractivity contribution in [1.29, 1.82) is 0 Å². The number of urea groups is 1. The van der Waals surface area contributed by atoms with Gasteiger partial charge in [-0.1, -0.05) is 0 Å². The van der Waals surface area contributed by atoms with E-state index in [0.29, 0.717) is 18.2 Å². The van der Waals surface area contributed by atoms with Crippen LogP contribution in [-0.4, -0.2) is 27.9 Å². The van der Waals surface area contributed by atoms with Crippen LogP contribution < -0.4 is 16.0 Å². The van der Waals surface area contributed by atoms with Gasteiger partial charge in [0.1, 0.15) is 0 Å². The fourth-order valence-corrected chi connectivity index (χ4v) is 2.05. The largest absolute Gasteiger partial charge is 0.369 e. The predicted octanol–water partition coefficient (Wildman–Crippen LogP) is 0.363. The summed E-state index contributed by atoms with van der Waals surface area (Å²) in [5.41, 5.74) is 7.13. The highest BCUT2D eigenvalue weighted by Crippen LogP contribution is 2.24. The highest BCUT2D eigenvalue weighted by atomic mass is 16.2. The van der Waals surface area contributed by atoms with Gasteiger partial charge >= 0.3 is 6.03 Å². The van der Waals surface area contributed by atoms with Crippen LogP contribution >= 0.6 is 0 Å². The first kappa shape index (κ1) is 10.6. The zero-order valence-electron chi connectivity index (χ0n) is 9.46. The third-order valence-electron chi connectivity index (χ3n) is 2.92. The Kier molecular flexibility index (Phi) is 2.19. The molecule has 7 heteroatoms. The Labute approximate surface area is 102 Å². The maximum absolute atomic E-state index is 11.8. The Morgan fingerprint density at radius 1 is 1.39 bits per heavy atom. The number of rotatable bonds is 1. The van der Waals surface area contributed by atoms with Crippen LogP contribution in [0.1, 0.15) is 6.42 Å². The van der Waals surface area contributed by atoms with Gasteiger partial charge in [-0.15, -0.1) is 0 Å². The van der Waals surface area contributed by atoms with Crippen LogP contribution in [0.5, 0.6) is 0 Å². The summed E-state index contributed by atoms with van der Waals surface area (Å²) < 4.78 is 1.69. The summed E-state index contributed by atoms with van der Waals surface area (Å²) in [5, 5.41) is 2.29. The van der Waals surface area contributed by atoms with Gasteiger partial charge in [-0.3, -0.25) is 19.4 Å². The van der Waals surface area contributed by atoms with Gasteiger partial charge in [-0.05, 0) is 12.1 Å². The lowest BCUT2D eigenvalue weighted by Crippen LogP contribution is -2.49. The zero-order valence-corrected chi connectivity index (χ0v) is 9.46. The van der Waals surface area contributed by atoms with E-state index in [4.69, 9.17) is 5.73 Å². The molecule has 1 aliphatic rings. The number of nitrogen functional groups attached to an aromatic ring is 1. The van der Waals surface area contributed by atoms with Crippen LogP contribution in [0.25, 0.3) is 5.52 Å². The van der Waals surface area contributed by atoms with Crippen molar-refractivity contribution in [3.05, 3.63) is 24.5 Å². The molecule has 0 atom stereocenters. The van der Waals surface area contributed by atoms with Gasteiger partial charge in [0, 0.05) is 19.2 Å². The quantitative estimate of drug-likeness (QED) is 0.758. The molecule has 0 bridgehead atoms. The SMILES string of the molecule is Nc1ncc2c(N3CCC(=O)NC3=O)cccn12. The van der Waals surface area contributed by atoms with E-state index in [-0.39, 0.29) is 12.3 Å². The molecule has 0 saturated carbocycles. The number of carbonyl (C=O) groups is 2. The first-order valence-electron chi connectivity index (χ1n) is 5.50. The van der Waals surface area contributed by atoms with E-state index < -0.39 is 6.03 Å². The molecule has 0 aromatic carbocycles. The molecular weight excluding hydrogens is 234 g/mol. The lowest BCUT2D eigenvalue weighted by Gasteiger charge is -2.26. The Morgan fingerprint density at radius 3 is 3.00 bits per heavy atom. The summed E-state index contributed by atoms with van der Waals surface area (Å²) >= 11 is 0. The van der Waals surface area contributed by atoms with Gasteiger partial charge in [0.15, 0.2) is 0 Å². The maximum Gasteiger partial charge on any atom is 0.328 e. The highest BCUT2D eigenvalue weighted by Gasteiger charge is 2.25. The Morgan fingerprint density at radius 2 is 2.22 bits per heavy atom. The molecule has 0 spiro atoms. The molecule has 3 amide bonds. The first-order valence-corrected chi connectivity index (χ1v) is 5.50. The minimum absolute atomic E-state index is 0.253. The Hall–Kier alpha value is -2.57. The van der Waals surface area contributed by atoms with E-state index in [1.54, 1.807) is 28.9 Å². The van der Waals surface area contributed by atoms with Crippen molar-refractivity contribution in [1.82, 2.24) is 14.7 Å². The number of carbonyl (C=O) groups excluding carboxylic acids is 2. The average Bonchev–Trinajstić information content (AvgIpc) is 2.72. The van der Waals surface area contributed by atoms with Crippen LogP contribution in [0.4, 0.5) is 16.4 Å². The number of imidazole rings is 1. The number of hydrogen-bond donors (Lipinski definition) is 2. The van der Waals surface area contributed by atoms with Gasteiger partial charge in [0.05, 0.1) is 17.4 Å². The van der Waals surface area contributed by atoms with Crippen molar-refractivity contribution in [2.45, 2.75) is 6.42 Å². The monoisotopic (exact) mass is 245 g/mol. The standard InChI is InChI=1S/C11H11N5O2/c12-10-13-6-8-7(2-1-4-15(8)10)16-5-3-9(17)14-11(16)18/h1-2,4,6H,3,5H2,(H2,12,13)(H,14,17,18). The molecule has 0 unspecified atom stereocenters. The van der Waals surface area contributed by atoms with Crippen LogP contribution in [-0.2, 0) is 4.79 Å². The second kappa shape index (κ2) is 3.73. The molecule has 2 aromatic rings. The molecule has 1 fully saturated rings. The minimum Gasteiger partial charge on any atom is -0.369 e. The molecule has 92 valence electrons. The van der Waals surface area contributed by atoms with Crippen LogP contribution in [0.15, 0.2) is 24.5 Å². The number of fused-ring (bicyclic) bond motifs is 1. The molecule has 3 N–H and O–H groups in total. The molecule has 1 saturated heterocycles. The molecular formula is C11H11N5O2. The number of imide groups is 1. The lowest BCUT2D eigenvalue weighted by atomic mass is 10.2. The number of nitrogens with one attached hydrogen (secondary N) is 1. The summed E-state index contributed by atoms with van der Waals surface area (Å²) in [4.78, 5) is 28.4. The summed E-state index contributed by atoms with van der Waals surface area (Å²) in [6.07, 6.45) is 3.67. The average molecular weight is 245 g/mol. The van der Waals surface area contributed by atoms with Crippen molar-refractivity contribution in [3.8, 4) is 0 Å². The number of aromatic nitrogens is 2. The van der Waals surface area contributed by atoms with E-state index in [1.807, 2.05) is 0 Å². The number of anilines is 2. The van der Waals surface area contributed by atoms with E-state index in [2.05, 4.69) is 10.3 Å². The van der Waals surface area contributed by atoms with Gasteiger partial charge in [0.2, 0.25) is 11.9 Å². The van der Waals surface area contributed by atoms with Gasteiger partial charge in [-0.25, -0.2) is 9.78 Å². The summed E-state index contributed by atoms with van der Waals surface area (Å²) in [5.74, 6) is 0.108. The highest BCUT2D eigenvalue weighted by molar-refractivity contribution is 6.07. The third-order valence-corrected chi connectivity index (χ3v) is 2.92. The zero-order chi connectivity index (χ0) is 12.7. The first-order chi connectivity index (χ1) is 8.66. The maximum atomic E-state index is 11.8. The van der Waals surface area contributed by atoms with Crippen LogP contribution in [0.2, 0.25) is 0 Å². The van der Waals surface area contributed by atoms with Crippen LogP contribution in [0.3, 0.4) is 0 Å². The number of nitrogens with zero attached hydrogens (tertiary/aromatic N) is 3. The van der Waals surface area contributed by atoms with Crippen molar-refractivity contribution in [3.63, 3.8) is 0 Å². The van der Waals surface area contributed by atoms with E-state index >= 15 is 0 Å². The van der Waals surface area contributed by atoms with Gasteiger partial charge in [-0.2, -0.15) is 0 Å². The number of amides is 3. The van der Waals surface area contributed by atoms with Gasteiger partial charge in [0.25, 0.3) is 0 Å².